The summed E-state index contributed by atoms with van der Waals surface area (Å²) in [5, 5.41) is 10.3. The number of methoxy groups -OCH3 is 1. The summed E-state index contributed by atoms with van der Waals surface area (Å²) in [7, 11) is 1.52. The number of rotatable bonds is 3. The van der Waals surface area contributed by atoms with E-state index in [0.717, 1.165) is 12.8 Å². The number of ether oxygens (including phenoxy) is 2. The maximum absolute atomic E-state index is 13.2. The molecule has 1 aromatic rings. The molecule has 1 unspecified atom stereocenters. The lowest BCUT2D eigenvalue weighted by molar-refractivity contribution is 0.00626. The Morgan fingerprint density at radius 1 is 1.41 bits per heavy atom. The van der Waals surface area contributed by atoms with Gasteiger partial charge in [0.15, 0.2) is 0 Å². The quantitative estimate of drug-likeness (QED) is 0.881. The Labute approximate surface area is 100 Å². The van der Waals surface area contributed by atoms with E-state index in [1.165, 1.54) is 19.2 Å². The van der Waals surface area contributed by atoms with Gasteiger partial charge in [0.25, 0.3) is 0 Å². The number of hydrogen-bond acceptors (Lipinski definition) is 3. The van der Waals surface area contributed by atoms with Crippen LogP contribution in [0.2, 0.25) is 0 Å². The Morgan fingerprint density at radius 3 is 2.76 bits per heavy atom. The van der Waals surface area contributed by atoms with Crippen LogP contribution in [0.1, 0.15) is 24.5 Å². The number of aliphatic hydroxyl groups excluding tert-OH is 1. The maximum Gasteiger partial charge on any atom is 0.124 e. The van der Waals surface area contributed by atoms with Crippen LogP contribution in [-0.2, 0) is 4.74 Å². The highest BCUT2D eigenvalue weighted by Gasteiger charge is 2.26. The molecule has 0 saturated carbocycles. The molecule has 4 heteroatoms. The molecule has 17 heavy (non-hydrogen) atoms. The molecule has 0 amide bonds. The molecule has 1 aromatic carbocycles. The van der Waals surface area contributed by atoms with Crippen LogP contribution >= 0.6 is 0 Å². The molecule has 2 rings (SSSR count). The van der Waals surface area contributed by atoms with Gasteiger partial charge in [-0.3, -0.25) is 0 Å². The molecule has 0 spiro atoms. The summed E-state index contributed by atoms with van der Waals surface area (Å²) in [6, 6.07) is 4.23. The Balaban J connectivity index is 2.21. The fourth-order valence-electron chi connectivity index (χ4n) is 2.22. The number of benzene rings is 1. The Hall–Kier alpha value is -1.13. The number of hydrogen-bond donors (Lipinski definition) is 1. The molecule has 0 bridgehead atoms. The van der Waals surface area contributed by atoms with E-state index >= 15 is 0 Å². The summed E-state index contributed by atoms with van der Waals surface area (Å²) in [6.07, 6.45) is 0.895. The number of aliphatic hydroxyl groups is 1. The third-order valence-corrected chi connectivity index (χ3v) is 3.22. The second kappa shape index (κ2) is 5.47. The van der Waals surface area contributed by atoms with E-state index in [-0.39, 0.29) is 11.7 Å². The SMILES string of the molecule is COc1ccc(F)cc1C(O)C1CCOCC1. The minimum Gasteiger partial charge on any atom is -0.496 e. The monoisotopic (exact) mass is 240 g/mol. The standard InChI is InChI=1S/C13H17FO3/c1-16-12-3-2-10(14)8-11(12)13(15)9-4-6-17-7-5-9/h2-3,8-9,13,15H,4-7H2,1H3. The van der Waals surface area contributed by atoms with Crippen molar-refractivity contribution in [1.82, 2.24) is 0 Å². The summed E-state index contributed by atoms with van der Waals surface area (Å²) in [5.41, 5.74) is 0.527. The predicted molar refractivity (Wildman–Crippen MR) is 61.5 cm³/mol. The van der Waals surface area contributed by atoms with Gasteiger partial charge in [-0.2, -0.15) is 0 Å². The summed E-state index contributed by atoms with van der Waals surface area (Å²) in [5.74, 6) is 0.289. The van der Waals surface area contributed by atoms with Crippen LogP contribution in [0.5, 0.6) is 5.75 Å². The number of halogens is 1. The first-order chi connectivity index (χ1) is 8.22. The van der Waals surface area contributed by atoms with E-state index in [4.69, 9.17) is 9.47 Å². The third kappa shape index (κ3) is 2.76. The van der Waals surface area contributed by atoms with Crippen molar-refractivity contribution in [2.45, 2.75) is 18.9 Å². The van der Waals surface area contributed by atoms with E-state index in [2.05, 4.69) is 0 Å². The van der Waals surface area contributed by atoms with Crippen LogP contribution in [0, 0.1) is 11.7 Å². The largest absolute Gasteiger partial charge is 0.496 e. The molecule has 0 radical (unpaired) electrons. The third-order valence-electron chi connectivity index (χ3n) is 3.22. The molecule has 1 atom stereocenters. The zero-order chi connectivity index (χ0) is 12.3. The molecule has 94 valence electrons. The molecule has 1 fully saturated rings. The van der Waals surface area contributed by atoms with Crippen molar-refractivity contribution in [3.05, 3.63) is 29.6 Å². The molecule has 0 aliphatic carbocycles. The molecular formula is C13H17FO3. The molecule has 3 nitrogen and oxygen atoms in total. The van der Waals surface area contributed by atoms with Gasteiger partial charge in [0.1, 0.15) is 11.6 Å². The van der Waals surface area contributed by atoms with Gasteiger partial charge in [0.05, 0.1) is 13.2 Å². The van der Waals surface area contributed by atoms with E-state index in [1.54, 1.807) is 6.07 Å². The Bertz CT molecular complexity index is 375. The van der Waals surface area contributed by atoms with Crippen molar-refractivity contribution in [2.24, 2.45) is 5.92 Å². The van der Waals surface area contributed by atoms with Gasteiger partial charge < -0.3 is 14.6 Å². The van der Waals surface area contributed by atoms with E-state index in [9.17, 15) is 9.50 Å². The van der Waals surface area contributed by atoms with Crippen LogP contribution in [0.25, 0.3) is 0 Å². The minimum absolute atomic E-state index is 0.111. The van der Waals surface area contributed by atoms with Crippen molar-refractivity contribution in [1.29, 1.82) is 0 Å². The summed E-state index contributed by atoms with van der Waals surface area (Å²) in [6.45, 7) is 1.30. The highest BCUT2D eigenvalue weighted by molar-refractivity contribution is 5.36. The van der Waals surface area contributed by atoms with Gasteiger partial charge >= 0.3 is 0 Å². The topological polar surface area (TPSA) is 38.7 Å². The Kier molecular flexibility index (Phi) is 3.97. The van der Waals surface area contributed by atoms with Crippen LogP contribution < -0.4 is 4.74 Å². The molecule has 1 aliphatic rings. The van der Waals surface area contributed by atoms with Gasteiger partial charge in [-0.25, -0.2) is 4.39 Å². The van der Waals surface area contributed by atoms with Crippen molar-refractivity contribution >= 4 is 0 Å². The second-order valence-corrected chi connectivity index (χ2v) is 4.28. The van der Waals surface area contributed by atoms with Crippen molar-refractivity contribution in [3.8, 4) is 5.75 Å². The van der Waals surface area contributed by atoms with Crippen molar-refractivity contribution < 1.29 is 19.0 Å². The second-order valence-electron chi connectivity index (χ2n) is 4.28. The molecule has 1 N–H and O–H groups in total. The fourth-order valence-corrected chi connectivity index (χ4v) is 2.22. The fraction of sp³-hybridized carbons (Fsp3) is 0.538. The highest BCUT2D eigenvalue weighted by atomic mass is 19.1. The predicted octanol–water partition coefficient (Wildman–Crippen LogP) is 2.29. The smallest absolute Gasteiger partial charge is 0.124 e. The Morgan fingerprint density at radius 2 is 2.12 bits per heavy atom. The summed E-state index contributed by atoms with van der Waals surface area (Å²) >= 11 is 0. The van der Waals surface area contributed by atoms with Gasteiger partial charge in [0.2, 0.25) is 0 Å². The lowest BCUT2D eigenvalue weighted by atomic mass is 9.89. The van der Waals surface area contributed by atoms with Gasteiger partial charge in [-0.05, 0) is 37.0 Å². The highest BCUT2D eigenvalue weighted by Crippen LogP contribution is 2.35. The lowest BCUT2D eigenvalue weighted by Crippen LogP contribution is -2.22. The van der Waals surface area contributed by atoms with E-state index in [0.29, 0.717) is 24.5 Å². The summed E-state index contributed by atoms with van der Waals surface area (Å²) < 4.78 is 23.6. The molecule has 1 heterocycles. The first-order valence-corrected chi connectivity index (χ1v) is 5.81. The minimum atomic E-state index is -0.690. The van der Waals surface area contributed by atoms with Crippen LogP contribution in [0.3, 0.4) is 0 Å². The molecular weight excluding hydrogens is 223 g/mol. The van der Waals surface area contributed by atoms with Gasteiger partial charge in [0, 0.05) is 18.8 Å². The maximum atomic E-state index is 13.2. The van der Waals surface area contributed by atoms with Crippen LogP contribution in [0.15, 0.2) is 18.2 Å². The van der Waals surface area contributed by atoms with E-state index < -0.39 is 6.10 Å². The zero-order valence-electron chi connectivity index (χ0n) is 9.86. The molecule has 1 saturated heterocycles. The first-order valence-electron chi connectivity index (χ1n) is 5.81. The molecule has 1 aliphatic heterocycles. The average Bonchev–Trinajstić information content (AvgIpc) is 2.39. The van der Waals surface area contributed by atoms with Gasteiger partial charge in [-0.15, -0.1) is 0 Å². The van der Waals surface area contributed by atoms with Gasteiger partial charge in [-0.1, -0.05) is 0 Å². The van der Waals surface area contributed by atoms with E-state index in [1.807, 2.05) is 0 Å². The normalized spacial score (nSPS) is 19.0. The van der Waals surface area contributed by atoms with Crippen molar-refractivity contribution in [3.63, 3.8) is 0 Å². The summed E-state index contributed by atoms with van der Waals surface area (Å²) in [4.78, 5) is 0. The van der Waals surface area contributed by atoms with Crippen LogP contribution in [0.4, 0.5) is 4.39 Å². The first kappa shape index (κ1) is 12.3. The lowest BCUT2D eigenvalue weighted by Gasteiger charge is -2.27. The van der Waals surface area contributed by atoms with Crippen molar-refractivity contribution in [2.75, 3.05) is 20.3 Å². The average molecular weight is 240 g/mol. The zero-order valence-corrected chi connectivity index (χ0v) is 9.86. The van der Waals surface area contributed by atoms with Crippen LogP contribution in [-0.4, -0.2) is 25.4 Å². The molecule has 0 aromatic heterocycles.